The summed E-state index contributed by atoms with van der Waals surface area (Å²) in [5.41, 5.74) is 5.92. The number of nitrogens with one attached hydrogen (secondary N) is 1. The molecule has 1 aromatic heterocycles. The minimum absolute atomic E-state index is 0.0404. The van der Waals surface area contributed by atoms with Crippen molar-refractivity contribution in [1.82, 2.24) is 4.98 Å². The van der Waals surface area contributed by atoms with Gasteiger partial charge in [0, 0.05) is 11.9 Å². The Morgan fingerprint density at radius 3 is 2.75 bits per heavy atom. The second-order valence-electron chi connectivity index (χ2n) is 3.85. The summed E-state index contributed by atoms with van der Waals surface area (Å²) in [6.07, 6.45) is 1.43. The van der Waals surface area contributed by atoms with Crippen molar-refractivity contribution in [2.24, 2.45) is 0 Å². The van der Waals surface area contributed by atoms with E-state index in [1.807, 2.05) is 0 Å². The second-order valence-corrected chi connectivity index (χ2v) is 5.91. The summed E-state index contributed by atoms with van der Waals surface area (Å²) in [5.74, 6) is 0.220. The Hall–Kier alpha value is -1.99. The van der Waals surface area contributed by atoms with Crippen LogP contribution in [0.2, 0.25) is 5.02 Å². The summed E-state index contributed by atoms with van der Waals surface area (Å²) in [5, 5.41) is 0.193. The van der Waals surface area contributed by atoms with Gasteiger partial charge in [0.05, 0.1) is 12.1 Å². The van der Waals surface area contributed by atoms with Crippen molar-refractivity contribution in [3.63, 3.8) is 0 Å². The first-order valence-electron chi connectivity index (χ1n) is 5.51. The average molecular weight is 314 g/mol. The Bertz CT molecular complexity index is 734. The molecular formula is C12H12ClN3O3S. The maximum atomic E-state index is 12.3. The van der Waals surface area contributed by atoms with Crippen molar-refractivity contribution < 1.29 is 13.2 Å². The van der Waals surface area contributed by atoms with Gasteiger partial charge in [-0.3, -0.25) is 4.72 Å². The van der Waals surface area contributed by atoms with Crippen LogP contribution in [0.15, 0.2) is 41.4 Å². The van der Waals surface area contributed by atoms with Crippen molar-refractivity contribution in [3.05, 3.63) is 41.6 Å². The number of aromatic nitrogens is 1. The van der Waals surface area contributed by atoms with Crippen LogP contribution in [-0.4, -0.2) is 20.5 Å². The quantitative estimate of drug-likeness (QED) is 0.843. The lowest BCUT2D eigenvalue weighted by atomic mass is 10.3. The summed E-state index contributed by atoms with van der Waals surface area (Å²) >= 11 is 5.88. The van der Waals surface area contributed by atoms with Gasteiger partial charge < -0.3 is 10.5 Å². The largest absolute Gasteiger partial charge is 0.495 e. The molecule has 0 aliphatic rings. The molecule has 6 nitrogen and oxygen atoms in total. The van der Waals surface area contributed by atoms with Crippen molar-refractivity contribution in [2.45, 2.75) is 4.90 Å². The Kier molecular flexibility index (Phi) is 4.01. The van der Waals surface area contributed by atoms with E-state index in [9.17, 15) is 8.42 Å². The molecule has 2 aromatic rings. The maximum absolute atomic E-state index is 12.3. The molecule has 3 N–H and O–H groups in total. The number of anilines is 2. The monoisotopic (exact) mass is 313 g/mol. The third kappa shape index (κ3) is 2.94. The molecule has 0 radical (unpaired) electrons. The number of ether oxygens (including phenoxy) is 1. The number of methoxy groups -OCH3 is 1. The van der Waals surface area contributed by atoms with Gasteiger partial charge in [0.15, 0.2) is 5.82 Å². The zero-order valence-electron chi connectivity index (χ0n) is 10.5. The Morgan fingerprint density at radius 2 is 2.10 bits per heavy atom. The van der Waals surface area contributed by atoms with E-state index in [0.29, 0.717) is 5.69 Å². The molecule has 0 amide bonds. The summed E-state index contributed by atoms with van der Waals surface area (Å²) in [7, 11) is -2.53. The van der Waals surface area contributed by atoms with Crippen LogP contribution in [0.1, 0.15) is 0 Å². The number of pyridine rings is 1. The highest BCUT2D eigenvalue weighted by Crippen LogP contribution is 2.28. The fourth-order valence-electron chi connectivity index (χ4n) is 1.55. The molecule has 2 rings (SSSR count). The number of hydrogen-bond donors (Lipinski definition) is 2. The molecule has 106 valence electrons. The standard InChI is InChI=1S/C12H12ClN3O3S/c1-19-10-5-4-8(14)7-11(10)20(17,18)16-12-9(13)3-2-6-15-12/h2-7H,14H2,1H3,(H,15,16). The molecule has 20 heavy (non-hydrogen) atoms. The first-order chi connectivity index (χ1) is 9.44. The van der Waals surface area contributed by atoms with Crippen molar-refractivity contribution in [2.75, 3.05) is 17.6 Å². The number of benzene rings is 1. The SMILES string of the molecule is COc1ccc(N)cc1S(=O)(=O)Nc1ncccc1Cl. The topological polar surface area (TPSA) is 94.3 Å². The van der Waals surface area contributed by atoms with E-state index < -0.39 is 10.0 Å². The highest BCUT2D eigenvalue weighted by Gasteiger charge is 2.21. The Morgan fingerprint density at radius 1 is 1.35 bits per heavy atom. The van der Waals surface area contributed by atoms with Crippen LogP contribution in [0.5, 0.6) is 5.75 Å². The van der Waals surface area contributed by atoms with E-state index in [0.717, 1.165) is 0 Å². The van der Waals surface area contributed by atoms with E-state index in [-0.39, 0.29) is 21.5 Å². The van der Waals surface area contributed by atoms with Crippen LogP contribution < -0.4 is 15.2 Å². The van der Waals surface area contributed by atoms with E-state index in [2.05, 4.69) is 9.71 Å². The predicted octanol–water partition coefficient (Wildman–Crippen LogP) is 2.13. The van der Waals surface area contributed by atoms with Crippen molar-refractivity contribution in [3.8, 4) is 5.75 Å². The van der Waals surface area contributed by atoms with Crippen LogP contribution in [0, 0.1) is 0 Å². The van der Waals surface area contributed by atoms with Crippen LogP contribution in [-0.2, 0) is 10.0 Å². The number of nitrogens with two attached hydrogens (primary N) is 1. The lowest BCUT2D eigenvalue weighted by molar-refractivity contribution is 0.403. The minimum atomic E-state index is -3.90. The van der Waals surface area contributed by atoms with Gasteiger partial charge in [-0.2, -0.15) is 0 Å². The molecule has 0 unspecified atom stereocenters. The fourth-order valence-corrected chi connectivity index (χ4v) is 3.01. The molecule has 0 aliphatic heterocycles. The van der Waals surface area contributed by atoms with Crippen LogP contribution in [0.4, 0.5) is 11.5 Å². The summed E-state index contributed by atoms with van der Waals surface area (Å²) in [4.78, 5) is 3.79. The lowest BCUT2D eigenvalue weighted by Gasteiger charge is -2.12. The molecule has 0 fully saturated rings. The number of sulfonamides is 1. The molecular weight excluding hydrogens is 302 g/mol. The molecule has 0 spiro atoms. The van der Waals surface area contributed by atoms with Gasteiger partial charge in [-0.15, -0.1) is 0 Å². The molecule has 0 atom stereocenters. The summed E-state index contributed by atoms with van der Waals surface area (Å²) in [6.45, 7) is 0. The highest BCUT2D eigenvalue weighted by atomic mass is 35.5. The molecule has 0 saturated carbocycles. The first-order valence-corrected chi connectivity index (χ1v) is 7.37. The van der Waals surface area contributed by atoms with Crippen LogP contribution in [0.25, 0.3) is 0 Å². The zero-order chi connectivity index (χ0) is 14.8. The van der Waals surface area contributed by atoms with Gasteiger partial charge >= 0.3 is 0 Å². The first kappa shape index (κ1) is 14.4. The van der Waals surface area contributed by atoms with E-state index in [1.54, 1.807) is 12.1 Å². The second kappa shape index (κ2) is 5.56. The molecule has 1 heterocycles. The van der Waals surface area contributed by atoms with Gasteiger partial charge in [0.25, 0.3) is 10.0 Å². The fraction of sp³-hybridized carbons (Fsp3) is 0.0833. The molecule has 1 aromatic carbocycles. The number of nitrogens with zero attached hydrogens (tertiary/aromatic N) is 1. The van der Waals surface area contributed by atoms with Gasteiger partial charge in [0.1, 0.15) is 10.6 Å². The minimum Gasteiger partial charge on any atom is -0.495 e. The van der Waals surface area contributed by atoms with E-state index in [4.69, 9.17) is 22.1 Å². The van der Waals surface area contributed by atoms with Crippen LogP contribution >= 0.6 is 11.6 Å². The predicted molar refractivity (Wildman–Crippen MR) is 77.5 cm³/mol. The Labute approximate surface area is 121 Å². The number of halogens is 1. The molecule has 0 aliphatic carbocycles. The summed E-state index contributed by atoms with van der Waals surface area (Å²) in [6, 6.07) is 7.46. The van der Waals surface area contributed by atoms with Gasteiger partial charge in [-0.05, 0) is 30.3 Å². The molecule has 0 saturated heterocycles. The molecule has 8 heteroatoms. The number of hydrogen-bond acceptors (Lipinski definition) is 5. The smallest absolute Gasteiger partial charge is 0.266 e. The van der Waals surface area contributed by atoms with E-state index >= 15 is 0 Å². The third-order valence-corrected chi connectivity index (χ3v) is 4.13. The van der Waals surface area contributed by atoms with Gasteiger partial charge in [-0.25, -0.2) is 13.4 Å². The van der Waals surface area contributed by atoms with Crippen molar-refractivity contribution >= 4 is 33.1 Å². The third-order valence-electron chi connectivity index (χ3n) is 2.47. The lowest BCUT2D eigenvalue weighted by Crippen LogP contribution is -2.15. The van der Waals surface area contributed by atoms with Gasteiger partial charge in [0.2, 0.25) is 0 Å². The zero-order valence-corrected chi connectivity index (χ0v) is 12.1. The van der Waals surface area contributed by atoms with Crippen LogP contribution in [0.3, 0.4) is 0 Å². The van der Waals surface area contributed by atoms with Gasteiger partial charge in [-0.1, -0.05) is 11.6 Å². The number of rotatable bonds is 4. The Balaban J connectivity index is 2.46. The molecule has 0 bridgehead atoms. The average Bonchev–Trinajstić information content (AvgIpc) is 2.41. The summed E-state index contributed by atoms with van der Waals surface area (Å²) < 4.78 is 32.0. The highest BCUT2D eigenvalue weighted by molar-refractivity contribution is 7.92. The number of nitrogen functional groups attached to an aromatic ring is 1. The normalized spacial score (nSPS) is 11.1. The van der Waals surface area contributed by atoms with Crippen molar-refractivity contribution in [1.29, 1.82) is 0 Å². The maximum Gasteiger partial charge on any atom is 0.266 e. The van der Waals surface area contributed by atoms with E-state index in [1.165, 1.54) is 31.5 Å².